The van der Waals surface area contributed by atoms with Gasteiger partial charge in [0.1, 0.15) is 17.9 Å². The van der Waals surface area contributed by atoms with Crippen molar-refractivity contribution in [3.63, 3.8) is 0 Å². The molecule has 0 spiro atoms. The van der Waals surface area contributed by atoms with Crippen LogP contribution in [0.2, 0.25) is 0 Å². The van der Waals surface area contributed by atoms with Gasteiger partial charge in [-0.3, -0.25) is 14.3 Å². The highest BCUT2D eigenvalue weighted by Crippen LogP contribution is 2.27. The van der Waals surface area contributed by atoms with Crippen molar-refractivity contribution in [3.05, 3.63) is 52.8 Å². The number of amides is 2. The highest BCUT2D eigenvalue weighted by Gasteiger charge is 2.42. The number of rotatable bonds is 2. The van der Waals surface area contributed by atoms with Gasteiger partial charge in [0.2, 0.25) is 5.91 Å². The molecule has 1 saturated heterocycles. The van der Waals surface area contributed by atoms with Gasteiger partial charge in [0, 0.05) is 26.6 Å². The van der Waals surface area contributed by atoms with Gasteiger partial charge in [-0.25, -0.2) is 4.39 Å². The Morgan fingerprint density at radius 2 is 1.96 bits per heavy atom. The van der Waals surface area contributed by atoms with E-state index in [2.05, 4.69) is 11.2 Å². The van der Waals surface area contributed by atoms with Crippen molar-refractivity contribution in [1.29, 1.82) is 0 Å². The maximum atomic E-state index is 14.2. The summed E-state index contributed by atoms with van der Waals surface area (Å²) in [5.41, 5.74) is 3.46. The largest absolute Gasteiger partial charge is 0.336 e. The van der Waals surface area contributed by atoms with E-state index in [0.717, 1.165) is 12.0 Å². The number of aryl methyl sites for hydroxylation is 2. The van der Waals surface area contributed by atoms with Crippen molar-refractivity contribution in [1.82, 2.24) is 19.6 Å². The number of carbonyl (C=O) groups excluding carboxylic acids is 2. The Morgan fingerprint density at radius 1 is 1.22 bits per heavy atom. The standard InChI is InChI=1S/C20H23FN4O2/c1-13-9-17(23(2)22-13)20(27)25-12-16(21)10-18(25)19(26)24-8-7-14-5-3-4-6-15(14)11-24/h3-6,9,16,18H,7-8,10-12H2,1-2H3/t16-,18-/m0/s1. The number of likely N-dealkylation sites (tertiary alicyclic amines) is 1. The van der Waals surface area contributed by atoms with Crippen molar-refractivity contribution < 1.29 is 14.0 Å². The van der Waals surface area contributed by atoms with Gasteiger partial charge in [-0.2, -0.15) is 5.10 Å². The predicted octanol–water partition coefficient (Wildman–Crippen LogP) is 1.87. The van der Waals surface area contributed by atoms with E-state index in [-0.39, 0.29) is 24.8 Å². The molecule has 4 rings (SSSR count). The molecule has 6 nitrogen and oxygen atoms in total. The molecule has 0 aliphatic carbocycles. The lowest BCUT2D eigenvalue weighted by Crippen LogP contribution is -2.49. The number of alkyl halides is 1. The third-order valence-corrected chi connectivity index (χ3v) is 5.46. The molecular formula is C20H23FN4O2. The van der Waals surface area contributed by atoms with Gasteiger partial charge >= 0.3 is 0 Å². The van der Waals surface area contributed by atoms with E-state index in [4.69, 9.17) is 0 Å². The first-order valence-corrected chi connectivity index (χ1v) is 9.25. The van der Waals surface area contributed by atoms with Gasteiger partial charge in [-0.1, -0.05) is 24.3 Å². The Labute approximate surface area is 157 Å². The van der Waals surface area contributed by atoms with Crippen LogP contribution in [-0.4, -0.2) is 56.7 Å². The van der Waals surface area contributed by atoms with E-state index in [9.17, 15) is 14.0 Å². The normalized spacial score (nSPS) is 22.0. The van der Waals surface area contributed by atoms with E-state index in [1.54, 1.807) is 24.9 Å². The monoisotopic (exact) mass is 370 g/mol. The van der Waals surface area contributed by atoms with Crippen LogP contribution in [0.25, 0.3) is 0 Å². The van der Waals surface area contributed by atoms with Crippen LogP contribution in [0.15, 0.2) is 30.3 Å². The van der Waals surface area contributed by atoms with Crippen LogP contribution in [0.4, 0.5) is 4.39 Å². The van der Waals surface area contributed by atoms with Gasteiger partial charge in [-0.15, -0.1) is 0 Å². The molecule has 7 heteroatoms. The Morgan fingerprint density at radius 3 is 2.67 bits per heavy atom. The third kappa shape index (κ3) is 3.22. The number of hydrogen-bond donors (Lipinski definition) is 0. The van der Waals surface area contributed by atoms with Gasteiger partial charge in [-0.05, 0) is 30.5 Å². The highest BCUT2D eigenvalue weighted by molar-refractivity contribution is 5.97. The fraction of sp³-hybridized carbons (Fsp3) is 0.450. The van der Waals surface area contributed by atoms with Crippen LogP contribution in [0.3, 0.4) is 0 Å². The molecule has 0 N–H and O–H groups in total. The second-order valence-electron chi connectivity index (χ2n) is 7.38. The zero-order chi connectivity index (χ0) is 19.1. The van der Waals surface area contributed by atoms with Crippen molar-refractivity contribution in [3.8, 4) is 0 Å². The summed E-state index contributed by atoms with van der Waals surface area (Å²) in [6, 6.07) is 8.96. The summed E-state index contributed by atoms with van der Waals surface area (Å²) in [4.78, 5) is 29.2. The van der Waals surface area contributed by atoms with E-state index >= 15 is 0 Å². The molecule has 2 amide bonds. The average molecular weight is 370 g/mol. The van der Waals surface area contributed by atoms with Crippen molar-refractivity contribution in [2.45, 2.75) is 38.5 Å². The fourth-order valence-corrected chi connectivity index (χ4v) is 4.10. The van der Waals surface area contributed by atoms with E-state index in [1.165, 1.54) is 15.1 Å². The van der Waals surface area contributed by atoms with Crippen LogP contribution >= 0.6 is 0 Å². The lowest BCUT2D eigenvalue weighted by atomic mass is 9.99. The molecule has 27 heavy (non-hydrogen) atoms. The number of benzene rings is 1. The molecule has 0 saturated carbocycles. The van der Waals surface area contributed by atoms with Crippen molar-refractivity contribution in [2.75, 3.05) is 13.1 Å². The summed E-state index contributed by atoms with van der Waals surface area (Å²) < 4.78 is 15.7. The maximum absolute atomic E-state index is 14.2. The minimum atomic E-state index is -1.19. The molecular weight excluding hydrogens is 347 g/mol. The number of aromatic nitrogens is 2. The second-order valence-corrected chi connectivity index (χ2v) is 7.38. The molecule has 2 aliphatic heterocycles. The minimum Gasteiger partial charge on any atom is -0.336 e. The molecule has 3 heterocycles. The SMILES string of the molecule is Cc1cc(C(=O)N2C[C@@H](F)C[C@H]2C(=O)N2CCc3ccccc3C2)n(C)n1. The Bertz CT molecular complexity index is 894. The van der Waals surface area contributed by atoms with E-state index in [0.29, 0.717) is 24.5 Å². The minimum absolute atomic E-state index is 0.0517. The summed E-state index contributed by atoms with van der Waals surface area (Å²) in [6.07, 6.45) is -0.350. The highest BCUT2D eigenvalue weighted by atomic mass is 19.1. The van der Waals surface area contributed by atoms with Crippen LogP contribution in [-0.2, 0) is 24.8 Å². The average Bonchev–Trinajstić information content (AvgIpc) is 3.21. The number of fused-ring (bicyclic) bond motifs is 1. The first-order chi connectivity index (χ1) is 12.9. The zero-order valence-electron chi connectivity index (χ0n) is 15.6. The second kappa shape index (κ2) is 6.79. The Hall–Kier alpha value is -2.70. The van der Waals surface area contributed by atoms with Gasteiger partial charge < -0.3 is 9.80 Å². The first-order valence-electron chi connectivity index (χ1n) is 9.25. The molecule has 1 fully saturated rings. The topological polar surface area (TPSA) is 58.4 Å². The number of nitrogens with zero attached hydrogens (tertiary/aromatic N) is 4. The summed E-state index contributed by atoms with van der Waals surface area (Å²) in [5, 5.41) is 4.19. The molecule has 142 valence electrons. The Balaban J connectivity index is 1.55. The fourth-order valence-electron chi connectivity index (χ4n) is 4.10. The molecule has 1 aromatic heterocycles. The van der Waals surface area contributed by atoms with E-state index < -0.39 is 12.2 Å². The van der Waals surface area contributed by atoms with Crippen molar-refractivity contribution in [2.24, 2.45) is 7.05 Å². The summed E-state index contributed by atoms with van der Waals surface area (Å²) in [7, 11) is 1.68. The summed E-state index contributed by atoms with van der Waals surface area (Å²) in [6.45, 7) is 2.85. The predicted molar refractivity (Wildman–Crippen MR) is 97.8 cm³/mol. The Kier molecular flexibility index (Phi) is 4.45. The molecule has 0 radical (unpaired) electrons. The quantitative estimate of drug-likeness (QED) is 0.811. The smallest absolute Gasteiger partial charge is 0.272 e. The van der Waals surface area contributed by atoms with Crippen LogP contribution in [0.1, 0.15) is 33.7 Å². The van der Waals surface area contributed by atoms with Crippen LogP contribution in [0, 0.1) is 6.92 Å². The lowest BCUT2D eigenvalue weighted by molar-refractivity contribution is -0.136. The molecule has 2 atom stereocenters. The molecule has 2 aromatic rings. The van der Waals surface area contributed by atoms with Crippen LogP contribution in [0.5, 0.6) is 0 Å². The number of carbonyl (C=O) groups is 2. The van der Waals surface area contributed by atoms with Gasteiger partial charge in [0.25, 0.3) is 5.91 Å². The summed E-state index contributed by atoms with van der Waals surface area (Å²) in [5.74, 6) is -0.508. The molecule has 2 aliphatic rings. The molecule has 0 unspecified atom stereocenters. The molecule has 0 bridgehead atoms. The van der Waals surface area contributed by atoms with Gasteiger partial charge in [0.15, 0.2) is 0 Å². The number of halogens is 1. The lowest BCUT2D eigenvalue weighted by Gasteiger charge is -2.33. The van der Waals surface area contributed by atoms with Gasteiger partial charge in [0.05, 0.1) is 12.2 Å². The zero-order valence-corrected chi connectivity index (χ0v) is 15.6. The number of hydrogen-bond acceptors (Lipinski definition) is 3. The third-order valence-electron chi connectivity index (χ3n) is 5.46. The van der Waals surface area contributed by atoms with E-state index in [1.807, 2.05) is 18.2 Å². The van der Waals surface area contributed by atoms with Crippen LogP contribution < -0.4 is 0 Å². The molecule has 1 aromatic carbocycles. The maximum Gasteiger partial charge on any atom is 0.272 e. The van der Waals surface area contributed by atoms with Crippen molar-refractivity contribution >= 4 is 11.8 Å². The summed E-state index contributed by atoms with van der Waals surface area (Å²) >= 11 is 0. The first kappa shape index (κ1) is 17.7.